The fourth-order valence-electron chi connectivity index (χ4n) is 5.41. The number of hydrogen-bond acceptors (Lipinski definition) is 7. The number of benzene rings is 1. The van der Waals surface area contributed by atoms with E-state index in [1.807, 2.05) is 24.7 Å². The summed E-state index contributed by atoms with van der Waals surface area (Å²) in [7, 11) is 0. The summed E-state index contributed by atoms with van der Waals surface area (Å²) < 4.78 is 13.8. The molecule has 2 unspecified atom stereocenters. The van der Waals surface area contributed by atoms with Gasteiger partial charge in [0.2, 0.25) is 0 Å². The van der Waals surface area contributed by atoms with Gasteiger partial charge < -0.3 is 15.5 Å². The number of nitrogens with one attached hydrogen (secondary N) is 1. The predicted octanol–water partition coefficient (Wildman–Crippen LogP) is 5.01. The molecule has 8 heteroatoms. The molecule has 3 N–H and O–H groups in total. The Bertz CT molecular complexity index is 1450. The van der Waals surface area contributed by atoms with Gasteiger partial charge in [0.05, 0.1) is 16.9 Å². The van der Waals surface area contributed by atoms with E-state index in [-0.39, 0.29) is 0 Å². The van der Waals surface area contributed by atoms with Crippen LogP contribution < -0.4 is 11.1 Å². The number of pyridine rings is 1. The van der Waals surface area contributed by atoms with Crippen LogP contribution in [0.5, 0.6) is 0 Å². The summed E-state index contributed by atoms with van der Waals surface area (Å²) in [5, 5.41) is 10.5. The number of fused-ring (bicyclic) bond motifs is 4. The van der Waals surface area contributed by atoms with Crippen LogP contribution in [-0.4, -0.2) is 31.2 Å². The third kappa shape index (κ3) is 2.79. The molecule has 160 valence electrons. The number of rotatable bonds is 3. The van der Waals surface area contributed by atoms with Gasteiger partial charge >= 0.3 is 0 Å². The van der Waals surface area contributed by atoms with Crippen LogP contribution in [0.3, 0.4) is 0 Å². The maximum Gasteiger partial charge on any atom is 0.177 e. The lowest BCUT2D eigenvalue weighted by Gasteiger charge is -2.29. The lowest BCUT2D eigenvalue weighted by Crippen LogP contribution is -2.38. The molecule has 7 rings (SSSR count). The number of nitrogens with zero attached hydrogens (tertiary/aromatic N) is 4. The summed E-state index contributed by atoms with van der Waals surface area (Å²) in [4.78, 5) is 4.43. The van der Waals surface area contributed by atoms with Crippen LogP contribution in [0.4, 0.5) is 5.82 Å². The lowest BCUT2D eigenvalue weighted by atomic mass is 10.00. The van der Waals surface area contributed by atoms with Gasteiger partial charge in [-0.1, -0.05) is 12.1 Å². The van der Waals surface area contributed by atoms with Crippen molar-refractivity contribution in [1.29, 1.82) is 0 Å². The van der Waals surface area contributed by atoms with E-state index < -0.39 is 0 Å². The fraction of sp³-hybridized carbons (Fsp3) is 0.292. The van der Waals surface area contributed by atoms with Crippen LogP contribution in [-0.2, 0) is 0 Å². The molecule has 2 fully saturated rings. The van der Waals surface area contributed by atoms with Crippen LogP contribution in [0.2, 0.25) is 0 Å². The number of piperidine rings is 1. The number of furan rings is 1. The minimum Gasteiger partial charge on any atom is -0.452 e. The van der Waals surface area contributed by atoms with Gasteiger partial charge in [-0.05, 0) is 49.3 Å². The molecule has 4 aromatic heterocycles. The monoisotopic (exact) mass is 442 g/mol. The molecule has 2 aliphatic rings. The molecule has 5 aromatic rings. The van der Waals surface area contributed by atoms with Gasteiger partial charge in [0.15, 0.2) is 11.4 Å². The molecule has 0 spiro atoms. The molecule has 2 aliphatic heterocycles. The topological polar surface area (TPSA) is 94.8 Å². The zero-order chi connectivity index (χ0) is 21.2. The van der Waals surface area contributed by atoms with Crippen LogP contribution in [0.25, 0.3) is 43.5 Å². The van der Waals surface area contributed by atoms with Gasteiger partial charge in [-0.15, -0.1) is 0 Å². The lowest BCUT2D eigenvalue weighted by molar-refractivity contribution is 0.281. The highest BCUT2D eigenvalue weighted by atomic mass is 32.1. The SMILES string of the molecule is Nc1ncc(-c2cnn(C3CC4CC[C@H](C3)N4)c2)c2cc(-c3cccc4cnsc34)oc12. The summed E-state index contributed by atoms with van der Waals surface area (Å²) in [5.41, 5.74) is 9.87. The van der Waals surface area contributed by atoms with Crippen molar-refractivity contribution in [2.24, 2.45) is 0 Å². The maximum atomic E-state index is 6.24. The quantitative estimate of drug-likeness (QED) is 0.408. The number of anilines is 1. The van der Waals surface area contributed by atoms with Crippen molar-refractivity contribution in [3.8, 4) is 22.5 Å². The van der Waals surface area contributed by atoms with E-state index in [0.29, 0.717) is 29.5 Å². The second-order valence-electron chi connectivity index (χ2n) is 8.93. The number of hydrogen-bond donors (Lipinski definition) is 2. The number of nitrogen functional groups attached to an aromatic ring is 1. The Labute approximate surface area is 188 Å². The highest BCUT2D eigenvalue weighted by Gasteiger charge is 2.34. The van der Waals surface area contributed by atoms with Gasteiger partial charge in [-0.2, -0.15) is 9.47 Å². The first kappa shape index (κ1) is 18.4. The average Bonchev–Trinajstić information content (AvgIpc) is 3.60. The van der Waals surface area contributed by atoms with Crippen molar-refractivity contribution in [2.75, 3.05) is 5.73 Å². The van der Waals surface area contributed by atoms with Gasteiger partial charge in [-0.25, -0.2) is 4.98 Å². The number of aromatic nitrogens is 4. The standard InChI is InChI=1S/C24H22N6OS/c25-24-22-19(8-21(31-22)18-3-1-2-13-10-28-32-23(13)18)20(11-26-24)14-9-27-30(12-14)17-6-15-4-5-16(7-17)29-15/h1-3,8-12,15-17,29H,4-7H2,(H2,25,26)/t15-,16?,17?/m1/s1. The summed E-state index contributed by atoms with van der Waals surface area (Å²) in [6.45, 7) is 0. The van der Waals surface area contributed by atoms with Crippen LogP contribution in [0.15, 0.2) is 53.5 Å². The summed E-state index contributed by atoms with van der Waals surface area (Å²) in [5.74, 6) is 1.17. The van der Waals surface area contributed by atoms with Crippen molar-refractivity contribution in [2.45, 2.75) is 43.8 Å². The minimum absolute atomic E-state index is 0.397. The summed E-state index contributed by atoms with van der Waals surface area (Å²) in [6, 6.07) is 9.92. The Balaban J connectivity index is 1.31. The summed E-state index contributed by atoms with van der Waals surface area (Å²) >= 11 is 1.47. The molecule has 6 heterocycles. The predicted molar refractivity (Wildman–Crippen MR) is 126 cm³/mol. The van der Waals surface area contributed by atoms with Gasteiger partial charge in [0.1, 0.15) is 5.76 Å². The van der Waals surface area contributed by atoms with Gasteiger partial charge in [-0.3, -0.25) is 4.68 Å². The second-order valence-corrected chi connectivity index (χ2v) is 9.73. The summed E-state index contributed by atoms with van der Waals surface area (Å²) in [6.07, 6.45) is 12.6. The van der Waals surface area contributed by atoms with E-state index >= 15 is 0 Å². The molecule has 2 bridgehead atoms. The largest absolute Gasteiger partial charge is 0.452 e. The van der Waals surface area contributed by atoms with Crippen molar-refractivity contribution < 1.29 is 4.42 Å². The van der Waals surface area contributed by atoms with Crippen LogP contribution in [0, 0.1) is 0 Å². The van der Waals surface area contributed by atoms with Gasteiger partial charge in [0.25, 0.3) is 0 Å². The third-order valence-electron chi connectivity index (χ3n) is 6.97. The molecule has 0 aliphatic carbocycles. The molecule has 0 radical (unpaired) electrons. The fourth-order valence-corrected chi connectivity index (χ4v) is 6.18. The van der Waals surface area contributed by atoms with Gasteiger partial charge in [0, 0.05) is 58.1 Å². The van der Waals surface area contributed by atoms with E-state index in [0.717, 1.165) is 50.8 Å². The molecule has 0 saturated carbocycles. The Morgan fingerprint density at radius 2 is 1.97 bits per heavy atom. The molecular weight excluding hydrogens is 420 g/mol. The Kier molecular flexibility index (Phi) is 3.95. The molecule has 32 heavy (non-hydrogen) atoms. The normalized spacial score (nSPS) is 22.8. The Morgan fingerprint density at radius 1 is 1.09 bits per heavy atom. The maximum absolute atomic E-state index is 6.24. The number of nitrogens with two attached hydrogens (primary N) is 1. The second kappa shape index (κ2) is 6.88. The van der Waals surface area contributed by atoms with Crippen LogP contribution >= 0.6 is 11.5 Å². The average molecular weight is 443 g/mol. The smallest absolute Gasteiger partial charge is 0.177 e. The van der Waals surface area contributed by atoms with Crippen molar-refractivity contribution in [3.05, 3.63) is 49.1 Å². The molecule has 2 saturated heterocycles. The van der Waals surface area contributed by atoms with E-state index in [1.165, 1.54) is 24.4 Å². The first-order valence-electron chi connectivity index (χ1n) is 11.1. The highest BCUT2D eigenvalue weighted by Crippen LogP contribution is 2.40. The molecule has 3 atom stereocenters. The Hall–Kier alpha value is -3.23. The molecule has 0 amide bonds. The van der Waals surface area contributed by atoms with Crippen molar-refractivity contribution in [1.82, 2.24) is 24.5 Å². The van der Waals surface area contributed by atoms with Crippen molar-refractivity contribution >= 4 is 38.4 Å². The highest BCUT2D eigenvalue weighted by molar-refractivity contribution is 7.13. The zero-order valence-electron chi connectivity index (χ0n) is 17.4. The zero-order valence-corrected chi connectivity index (χ0v) is 18.2. The molecular formula is C24H22N6OS. The van der Waals surface area contributed by atoms with E-state index in [4.69, 9.17) is 15.2 Å². The first-order chi connectivity index (χ1) is 15.7. The van der Waals surface area contributed by atoms with E-state index in [1.54, 1.807) is 0 Å². The van der Waals surface area contributed by atoms with Crippen molar-refractivity contribution in [3.63, 3.8) is 0 Å². The third-order valence-corrected chi connectivity index (χ3v) is 7.82. The van der Waals surface area contributed by atoms with Crippen LogP contribution in [0.1, 0.15) is 31.7 Å². The molecule has 7 nitrogen and oxygen atoms in total. The van der Waals surface area contributed by atoms with E-state index in [2.05, 4.69) is 43.8 Å². The first-order valence-corrected chi connectivity index (χ1v) is 11.8. The van der Waals surface area contributed by atoms with E-state index in [9.17, 15) is 0 Å². The molecule has 1 aromatic carbocycles. The minimum atomic E-state index is 0.397. The Morgan fingerprint density at radius 3 is 2.84 bits per heavy atom.